The average molecular weight is 291 g/mol. The Morgan fingerprint density at radius 3 is 2.47 bits per heavy atom. The van der Waals surface area contributed by atoms with Crippen LogP contribution in [-0.4, -0.2) is 62.5 Å². The molecule has 2 rings (SSSR count). The molecule has 0 spiro atoms. The molecule has 112 valence electrons. The van der Waals surface area contributed by atoms with Gasteiger partial charge in [0.15, 0.2) is 0 Å². The van der Waals surface area contributed by atoms with Gasteiger partial charge in [-0.25, -0.2) is 0 Å². The highest BCUT2D eigenvalue weighted by Crippen LogP contribution is 2.25. The lowest BCUT2D eigenvalue weighted by Gasteiger charge is -2.40. The van der Waals surface area contributed by atoms with Crippen molar-refractivity contribution in [2.45, 2.75) is 44.2 Å². The summed E-state index contributed by atoms with van der Waals surface area (Å²) >= 11 is 0. The molecule has 2 aliphatic rings. The van der Waals surface area contributed by atoms with Crippen molar-refractivity contribution in [1.29, 1.82) is 0 Å². The summed E-state index contributed by atoms with van der Waals surface area (Å²) in [5, 5.41) is 0. The minimum atomic E-state index is -3.35. The normalized spacial score (nSPS) is 31.5. The SMILES string of the molecule is COC1CCN(S(=O)(=O)N2CCCCC2)C(CN)C1. The first-order valence-corrected chi connectivity index (χ1v) is 8.49. The van der Waals surface area contributed by atoms with Crippen LogP contribution in [0.2, 0.25) is 0 Å². The van der Waals surface area contributed by atoms with E-state index in [1.54, 1.807) is 15.7 Å². The molecular formula is C12H25N3O3S. The maximum Gasteiger partial charge on any atom is 0.282 e. The van der Waals surface area contributed by atoms with Crippen molar-refractivity contribution in [2.75, 3.05) is 33.3 Å². The summed E-state index contributed by atoms with van der Waals surface area (Å²) in [4.78, 5) is 0. The van der Waals surface area contributed by atoms with E-state index >= 15 is 0 Å². The van der Waals surface area contributed by atoms with E-state index in [2.05, 4.69) is 0 Å². The minimum Gasteiger partial charge on any atom is -0.381 e. The predicted molar refractivity (Wildman–Crippen MR) is 73.9 cm³/mol. The molecule has 0 bridgehead atoms. The van der Waals surface area contributed by atoms with Gasteiger partial charge in [-0.05, 0) is 25.7 Å². The second-order valence-corrected chi connectivity index (χ2v) is 7.23. The van der Waals surface area contributed by atoms with Gasteiger partial charge >= 0.3 is 0 Å². The van der Waals surface area contributed by atoms with Crippen molar-refractivity contribution in [2.24, 2.45) is 5.73 Å². The van der Waals surface area contributed by atoms with Gasteiger partial charge in [0.1, 0.15) is 0 Å². The van der Waals surface area contributed by atoms with Crippen LogP contribution < -0.4 is 5.73 Å². The molecule has 7 heteroatoms. The van der Waals surface area contributed by atoms with E-state index in [0.29, 0.717) is 32.6 Å². The van der Waals surface area contributed by atoms with E-state index in [0.717, 1.165) is 25.7 Å². The fraction of sp³-hybridized carbons (Fsp3) is 1.00. The number of ether oxygens (including phenoxy) is 1. The second kappa shape index (κ2) is 6.49. The first-order chi connectivity index (χ1) is 9.09. The van der Waals surface area contributed by atoms with Crippen LogP contribution in [-0.2, 0) is 14.9 Å². The van der Waals surface area contributed by atoms with Gasteiger partial charge < -0.3 is 10.5 Å². The van der Waals surface area contributed by atoms with Crippen molar-refractivity contribution in [3.8, 4) is 0 Å². The van der Waals surface area contributed by atoms with Crippen LogP contribution >= 0.6 is 0 Å². The molecule has 2 saturated heterocycles. The van der Waals surface area contributed by atoms with E-state index in [1.807, 2.05) is 0 Å². The zero-order chi connectivity index (χ0) is 13.9. The molecule has 2 unspecified atom stereocenters. The monoisotopic (exact) mass is 291 g/mol. The number of methoxy groups -OCH3 is 1. The van der Waals surface area contributed by atoms with Gasteiger partial charge in [0.2, 0.25) is 0 Å². The van der Waals surface area contributed by atoms with Crippen molar-refractivity contribution in [3.05, 3.63) is 0 Å². The summed E-state index contributed by atoms with van der Waals surface area (Å²) in [6, 6.07) is -0.134. The van der Waals surface area contributed by atoms with Crippen LogP contribution in [0, 0.1) is 0 Å². The molecule has 0 radical (unpaired) electrons. The van der Waals surface area contributed by atoms with Crippen LogP contribution in [0.4, 0.5) is 0 Å². The Hall–Kier alpha value is -0.210. The number of piperidine rings is 2. The summed E-state index contributed by atoms with van der Waals surface area (Å²) in [7, 11) is -1.67. The van der Waals surface area contributed by atoms with Gasteiger partial charge in [-0.1, -0.05) is 6.42 Å². The molecule has 2 heterocycles. The lowest BCUT2D eigenvalue weighted by atomic mass is 10.0. The second-order valence-electron chi connectivity index (χ2n) is 5.35. The molecular weight excluding hydrogens is 266 g/mol. The fourth-order valence-electron chi connectivity index (χ4n) is 2.97. The zero-order valence-corrected chi connectivity index (χ0v) is 12.4. The number of nitrogens with two attached hydrogens (primary N) is 1. The number of nitrogens with zero attached hydrogens (tertiary/aromatic N) is 2. The largest absolute Gasteiger partial charge is 0.381 e. The summed E-state index contributed by atoms with van der Waals surface area (Å²) in [6.45, 7) is 2.15. The first-order valence-electron chi connectivity index (χ1n) is 7.09. The summed E-state index contributed by atoms with van der Waals surface area (Å²) < 4.78 is 33.9. The number of rotatable bonds is 4. The lowest BCUT2D eigenvalue weighted by Crippen LogP contribution is -2.56. The van der Waals surface area contributed by atoms with E-state index in [1.165, 1.54) is 0 Å². The highest BCUT2D eigenvalue weighted by Gasteiger charge is 2.38. The van der Waals surface area contributed by atoms with Gasteiger partial charge in [-0.3, -0.25) is 0 Å². The summed E-state index contributed by atoms with van der Waals surface area (Å²) in [6.07, 6.45) is 4.61. The van der Waals surface area contributed by atoms with Gasteiger partial charge in [0, 0.05) is 39.3 Å². The quantitative estimate of drug-likeness (QED) is 0.800. The molecule has 19 heavy (non-hydrogen) atoms. The third-order valence-electron chi connectivity index (χ3n) is 4.16. The smallest absolute Gasteiger partial charge is 0.282 e. The first kappa shape index (κ1) is 15.2. The minimum absolute atomic E-state index is 0.126. The fourth-order valence-corrected chi connectivity index (χ4v) is 4.87. The Kier molecular flexibility index (Phi) is 5.19. The van der Waals surface area contributed by atoms with Crippen LogP contribution in [0.3, 0.4) is 0 Å². The van der Waals surface area contributed by atoms with Crippen molar-refractivity contribution in [1.82, 2.24) is 8.61 Å². The summed E-state index contributed by atoms with van der Waals surface area (Å²) in [5.41, 5.74) is 5.76. The molecule has 6 nitrogen and oxygen atoms in total. The van der Waals surface area contributed by atoms with Crippen LogP contribution in [0.25, 0.3) is 0 Å². The lowest BCUT2D eigenvalue weighted by molar-refractivity contribution is 0.0382. The van der Waals surface area contributed by atoms with Crippen molar-refractivity contribution in [3.63, 3.8) is 0 Å². The molecule has 0 aliphatic carbocycles. The van der Waals surface area contributed by atoms with Gasteiger partial charge in [-0.15, -0.1) is 0 Å². The molecule has 0 amide bonds. The Bertz CT molecular complexity index is 382. The summed E-state index contributed by atoms with van der Waals surface area (Å²) in [5.74, 6) is 0. The van der Waals surface area contributed by atoms with E-state index in [9.17, 15) is 8.42 Å². The van der Waals surface area contributed by atoms with Gasteiger partial charge in [-0.2, -0.15) is 17.0 Å². The molecule has 0 aromatic carbocycles. The van der Waals surface area contributed by atoms with E-state index in [4.69, 9.17) is 10.5 Å². The Balaban J connectivity index is 2.10. The van der Waals surface area contributed by atoms with Crippen LogP contribution in [0.15, 0.2) is 0 Å². The molecule has 2 aliphatic heterocycles. The van der Waals surface area contributed by atoms with Crippen LogP contribution in [0.5, 0.6) is 0 Å². The zero-order valence-electron chi connectivity index (χ0n) is 11.6. The molecule has 0 aromatic rings. The van der Waals surface area contributed by atoms with Crippen molar-refractivity contribution >= 4 is 10.2 Å². The Labute approximate surface area is 116 Å². The van der Waals surface area contributed by atoms with Crippen LogP contribution in [0.1, 0.15) is 32.1 Å². The van der Waals surface area contributed by atoms with Gasteiger partial charge in [0.25, 0.3) is 10.2 Å². The Morgan fingerprint density at radius 1 is 1.21 bits per heavy atom. The number of hydrogen-bond acceptors (Lipinski definition) is 4. The third kappa shape index (κ3) is 3.28. The molecule has 2 N–H and O–H groups in total. The maximum absolute atomic E-state index is 12.7. The highest BCUT2D eigenvalue weighted by atomic mass is 32.2. The standard InChI is InChI=1S/C12H25N3O3S/c1-18-12-5-8-15(11(9-12)10-13)19(16,17)14-6-3-2-4-7-14/h11-12H,2-10,13H2,1H3. The Morgan fingerprint density at radius 2 is 1.89 bits per heavy atom. The molecule has 2 fully saturated rings. The maximum atomic E-state index is 12.7. The molecule has 2 atom stereocenters. The van der Waals surface area contributed by atoms with E-state index < -0.39 is 10.2 Å². The van der Waals surface area contributed by atoms with E-state index in [-0.39, 0.29) is 12.1 Å². The molecule has 0 aromatic heterocycles. The topological polar surface area (TPSA) is 75.9 Å². The predicted octanol–water partition coefficient (Wildman–Crippen LogP) is 0.155. The average Bonchev–Trinajstić information content (AvgIpc) is 2.47. The molecule has 0 saturated carbocycles. The van der Waals surface area contributed by atoms with Crippen molar-refractivity contribution < 1.29 is 13.2 Å². The highest BCUT2D eigenvalue weighted by molar-refractivity contribution is 7.86. The van der Waals surface area contributed by atoms with Gasteiger partial charge in [0.05, 0.1) is 6.10 Å². The number of hydrogen-bond donors (Lipinski definition) is 1. The third-order valence-corrected chi connectivity index (χ3v) is 6.25.